The second-order valence-corrected chi connectivity index (χ2v) is 5.79. The molecule has 18 heavy (non-hydrogen) atoms. The molecule has 0 bridgehead atoms. The van der Waals surface area contributed by atoms with Crippen molar-refractivity contribution in [3.63, 3.8) is 0 Å². The van der Waals surface area contributed by atoms with Gasteiger partial charge < -0.3 is 0 Å². The number of halogens is 1. The van der Waals surface area contributed by atoms with Crippen molar-refractivity contribution >= 4 is 45.9 Å². The molecule has 0 aliphatic rings. The first-order chi connectivity index (χ1) is 8.74. The lowest BCUT2D eigenvalue weighted by Crippen LogP contribution is -1.98. The molecule has 92 valence electrons. The van der Waals surface area contributed by atoms with Crippen molar-refractivity contribution in [1.29, 1.82) is 0 Å². The maximum absolute atomic E-state index is 6.10. The number of hydrogen-bond donors (Lipinski definition) is 0. The van der Waals surface area contributed by atoms with Gasteiger partial charge in [-0.05, 0) is 11.5 Å². The highest BCUT2D eigenvalue weighted by Crippen LogP contribution is 2.24. The van der Waals surface area contributed by atoms with E-state index in [1.54, 1.807) is 10.9 Å². The highest BCUT2D eigenvalue weighted by atomic mass is 35.5. The summed E-state index contributed by atoms with van der Waals surface area (Å²) in [5.41, 5.74) is 0.739. The van der Waals surface area contributed by atoms with Crippen molar-refractivity contribution < 1.29 is 0 Å². The van der Waals surface area contributed by atoms with E-state index in [0.29, 0.717) is 16.7 Å². The first-order valence-electron chi connectivity index (χ1n) is 4.97. The van der Waals surface area contributed by atoms with Gasteiger partial charge in [0, 0.05) is 7.05 Å². The molecule has 0 spiro atoms. The summed E-state index contributed by atoms with van der Waals surface area (Å²) in [6, 6.07) is 0. The van der Waals surface area contributed by atoms with Crippen LogP contribution in [0.4, 0.5) is 0 Å². The molecule has 0 fully saturated rings. The second-order valence-electron chi connectivity index (χ2n) is 3.43. The first kappa shape index (κ1) is 11.8. The van der Waals surface area contributed by atoms with Crippen LogP contribution in [0.5, 0.6) is 0 Å². The van der Waals surface area contributed by atoms with Gasteiger partial charge in [0.15, 0.2) is 9.99 Å². The topological polar surface area (TPSA) is 69.4 Å². The van der Waals surface area contributed by atoms with Crippen LogP contribution < -0.4 is 0 Å². The third kappa shape index (κ3) is 2.18. The SMILES string of the molecule is Cn1ncc2c(Cl)nc(CSc3ncns3)nc21. The van der Waals surface area contributed by atoms with Crippen molar-refractivity contribution in [2.24, 2.45) is 7.05 Å². The summed E-state index contributed by atoms with van der Waals surface area (Å²) in [7, 11) is 1.83. The summed E-state index contributed by atoms with van der Waals surface area (Å²) >= 11 is 8.99. The van der Waals surface area contributed by atoms with Crippen LogP contribution >= 0.6 is 34.9 Å². The van der Waals surface area contributed by atoms with Gasteiger partial charge in [0.25, 0.3) is 0 Å². The molecule has 3 aromatic heterocycles. The van der Waals surface area contributed by atoms with Crippen molar-refractivity contribution in [3.05, 3.63) is 23.5 Å². The molecular formula is C9H7ClN6S2. The molecule has 0 atom stereocenters. The Labute approximate surface area is 116 Å². The Kier molecular flexibility index (Phi) is 3.14. The molecule has 3 heterocycles. The molecule has 0 aliphatic heterocycles. The molecule has 0 radical (unpaired) electrons. The maximum Gasteiger partial charge on any atom is 0.170 e. The number of fused-ring (bicyclic) bond motifs is 1. The van der Waals surface area contributed by atoms with E-state index >= 15 is 0 Å². The molecule has 0 amide bonds. The molecule has 0 aromatic carbocycles. The Bertz CT molecular complexity index is 680. The van der Waals surface area contributed by atoms with E-state index in [0.717, 1.165) is 15.4 Å². The molecular weight excluding hydrogens is 292 g/mol. The lowest BCUT2D eigenvalue weighted by molar-refractivity contribution is 0.782. The third-order valence-electron chi connectivity index (χ3n) is 2.26. The van der Waals surface area contributed by atoms with E-state index < -0.39 is 0 Å². The van der Waals surface area contributed by atoms with E-state index in [-0.39, 0.29) is 0 Å². The number of rotatable bonds is 3. The number of hydrogen-bond acceptors (Lipinski definition) is 7. The number of aromatic nitrogens is 6. The molecule has 9 heteroatoms. The molecule has 0 unspecified atom stereocenters. The molecule has 3 rings (SSSR count). The normalized spacial score (nSPS) is 11.2. The van der Waals surface area contributed by atoms with Crippen LogP contribution in [0.15, 0.2) is 16.9 Å². The van der Waals surface area contributed by atoms with Crippen LogP contribution in [0.2, 0.25) is 5.15 Å². The summed E-state index contributed by atoms with van der Waals surface area (Å²) in [5, 5.41) is 5.31. The number of aryl methyl sites for hydroxylation is 1. The van der Waals surface area contributed by atoms with Crippen LogP contribution in [0.3, 0.4) is 0 Å². The van der Waals surface area contributed by atoms with Crippen LogP contribution in [0.1, 0.15) is 5.82 Å². The van der Waals surface area contributed by atoms with Crippen LogP contribution in [-0.4, -0.2) is 29.1 Å². The van der Waals surface area contributed by atoms with E-state index in [1.807, 2.05) is 7.05 Å². The Balaban J connectivity index is 1.90. The van der Waals surface area contributed by atoms with Gasteiger partial charge in [-0.15, -0.1) is 0 Å². The van der Waals surface area contributed by atoms with E-state index in [4.69, 9.17) is 11.6 Å². The van der Waals surface area contributed by atoms with Gasteiger partial charge in [0.05, 0.1) is 17.3 Å². The Morgan fingerprint density at radius 2 is 2.33 bits per heavy atom. The van der Waals surface area contributed by atoms with E-state index in [9.17, 15) is 0 Å². The zero-order valence-electron chi connectivity index (χ0n) is 9.24. The van der Waals surface area contributed by atoms with Gasteiger partial charge in [0.1, 0.15) is 17.3 Å². The molecule has 0 saturated carbocycles. The fraction of sp³-hybridized carbons (Fsp3) is 0.222. The number of thioether (sulfide) groups is 1. The van der Waals surface area contributed by atoms with Crippen LogP contribution in [0, 0.1) is 0 Å². The molecule has 6 nitrogen and oxygen atoms in total. The van der Waals surface area contributed by atoms with Crippen molar-refractivity contribution in [1.82, 2.24) is 29.1 Å². The standard InChI is InChI=1S/C9H7ClN6S2/c1-16-8-5(2-12-16)7(10)14-6(15-8)3-17-9-11-4-13-18-9/h2,4H,3H2,1H3. The summed E-state index contributed by atoms with van der Waals surface area (Å²) < 4.78 is 6.51. The summed E-state index contributed by atoms with van der Waals surface area (Å²) in [6.07, 6.45) is 3.20. The third-order valence-corrected chi connectivity index (χ3v) is 4.34. The van der Waals surface area contributed by atoms with Gasteiger partial charge in [-0.25, -0.2) is 15.0 Å². The fourth-order valence-electron chi connectivity index (χ4n) is 1.45. The van der Waals surface area contributed by atoms with Gasteiger partial charge in [-0.2, -0.15) is 9.47 Å². The zero-order chi connectivity index (χ0) is 12.5. The maximum atomic E-state index is 6.10. The predicted molar refractivity (Wildman–Crippen MR) is 70.8 cm³/mol. The van der Waals surface area contributed by atoms with E-state index in [1.165, 1.54) is 29.6 Å². The van der Waals surface area contributed by atoms with Gasteiger partial charge in [-0.3, -0.25) is 4.68 Å². The average Bonchev–Trinajstić information content (AvgIpc) is 2.98. The molecule has 0 saturated heterocycles. The van der Waals surface area contributed by atoms with Crippen molar-refractivity contribution in [3.8, 4) is 0 Å². The van der Waals surface area contributed by atoms with E-state index in [2.05, 4.69) is 24.4 Å². The Morgan fingerprint density at radius 1 is 1.44 bits per heavy atom. The minimum Gasteiger partial charge on any atom is -0.250 e. The van der Waals surface area contributed by atoms with Gasteiger partial charge in [-0.1, -0.05) is 23.4 Å². The minimum atomic E-state index is 0.431. The van der Waals surface area contributed by atoms with Crippen LogP contribution in [-0.2, 0) is 12.8 Å². The van der Waals surface area contributed by atoms with Crippen molar-refractivity contribution in [2.45, 2.75) is 10.1 Å². The highest BCUT2D eigenvalue weighted by Gasteiger charge is 2.10. The summed E-state index contributed by atoms with van der Waals surface area (Å²) in [4.78, 5) is 12.8. The predicted octanol–water partition coefficient (Wildman–Crippen LogP) is 2.16. The quantitative estimate of drug-likeness (QED) is 0.545. The first-order valence-corrected chi connectivity index (χ1v) is 7.11. The average molecular weight is 299 g/mol. The highest BCUT2D eigenvalue weighted by molar-refractivity contribution is 8.00. The Hall–Kier alpha value is -1.25. The largest absolute Gasteiger partial charge is 0.250 e. The lowest BCUT2D eigenvalue weighted by atomic mass is 10.4. The summed E-state index contributed by atoms with van der Waals surface area (Å²) in [5.74, 6) is 1.27. The van der Waals surface area contributed by atoms with Gasteiger partial charge in [0.2, 0.25) is 0 Å². The van der Waals surface area contributed by atoms with Crippen molar-refractivity contribution in [2.75, 3.05) is 0 Å². The second kappa shape index (κ2) is 4.79. The number of nitrogens with zero attached hydrogens (tertiary/aromatic N) is 6. The molecule has 0 N–H and O–H groups in total. The summed E-state index contributed by atoms with van der Waals surface area (Å²) in [6.45, 7) is 0. The fourth-order valence-corrected chi connectivity index (χ4v) is 2.98. The molecule has 0 aliphatic carbocycles. The smallest absolute Gasteiger partial charge is 0.170 e. The lowest BCUT2D eigenvalue weighted by Gasteiger charge is -2.00. The minimum absolute atomic E-state index is 0.431. The Morgan fingerprint density at radius 3 is 3.11 bits per heavy atom. The van der Waals surface area contributed by atoms with Crippen LogP contribution in [0.25, 0.3) is 11.0 Å². The van der Waals surface area contributed by atoms with Gasteiger partial charge >= 0.3 is 0 Å². The monoisotopic (exact) mass is 298 g/mol. The zero-order valence-corrected chi connectivity index (χ0v) is 11.6. The molecule has 3 aromatic rings.